The number of benzene rings is 1. The van der Waals surface area contributed by atoms with E-state index in [2.05, 4.69) is 0 Å². The van der Waals surface area contributed by atoms with Gasteiger partial charge in [0.1, 0.15) is 0 Å². The average molecular weight is 398 g/mol. The highest BCUT2D eigenvalue weighted by Crippen LogP contribution is 2.24. The number of Topliss-reactive ketones (excluding diaryl/α,β-unsaturated/α-hetero) is 1. The summed E-state index contributed by atoms with van der Waals surface area (Å²) in [5, 5.41) is 0.597. The maximum absolute atomic E-state index is 12.5. The van der Waals surface area contributed by atoms with E-state index in [1.54, 1.807) is 13.2 Å². The summed E-state index contributed by atoms with van der Waals surface area (Å²) >= 11 is 11.7. The van der Waals surface area contributed by atoms with Crippen LogP contribution < -0.4 is 0 Å². The number of carbonyl (C=O) groups is 2. The van der Waals surface area contributed by atoms with Crippen molar-refractivity contribution in [2.24, 2.45) is 0 Å². The van der Waals surface area contributed by atoms with Gasteiger partial charge in [-0.2, -0.15) is 0 Å². The van der Waals surface area contributed by atoms with Crippen molar-refractivity contribution in [3.05, 3.63) is 56.8 Å². The van der Waals surface area contributed by atoms with Crippen molar-refractivity contribution in [3.8, 4) is 0 Å². The van der Waals surface area contributed by atoms with Crippen LogP contribution in [0.1, 0.15) is 45.1 Å². The fraction of sp³-hybridized carbons (Fsp3) is 0.368. The van der Waals surface area contributed by atoms with Gasteiger partial charge >= 0.3 is 5.97 Å². The molecule has 1 heterocycles. The van der Waals surface area contributed by atoms with E-state index < -0.39 is 5.97 Å². The zero-order valence-electron chi connectivity index (χ0n) is 15.1. The predicted molar refractivity (Wildman–Crippen MR) is 102 cm³/mol. The second-order valence-electron chi connectivity index (χ2n) is 6.09. The lowest BCUT2D eigenvalue weighted by molar-refractivity contribution is 0.0474. The molecule has 0 amide bonds. The fourth-order valence-corrected chi connectivity index (χ4v) is 3.27. The second kappa shape index (κ2) is 8.71. The smallest absolute Gasteiger partial charge is 0.338 e. The summed E-state index contributed by atoms with van der Waals surface area (Å²) in [7, 11) is 1.64. The zero-order valence-corrected chi connectivity index (χ0v) is 16.6. The molecule has 1 aromatic carbocycles. The molecule has 0 N–H and O–H groups in total. The van der Waals surface area contributed by atoms with Gasteiger partial charge in [0.05, 0.1) is 28.3 Å². The van der Waals surface area contributed by atoms with E-state index in [4.69, 9.17) is 32.7 Å². The third-order valence-electron chi connectivity index (χ3n) is 4.12. The number of hydrogen-bond acceptors (Lipinski definition) is 4. The summed E-state index contributed by atoms with van der Waals surface area (Å²) in [5.41, 5.74) is 2.55. The number of rotatable bonds is 7. The standard InChI is InChI=1S/C19H21Cl2NO4/c1-11-7-15(13(3)22(11)12(2)9-25-4)18(23)10-26-19(24)14-5-6-16(20)17(21)8-14/h5-8,12H,9-10H2,1-4H3. The summed E-state index contributed by atoms with van der Waals surface area (Å²) in [6.45, 7) is 6.01. The number of esters is 1. The summed E-state index contributed by atoms with van der Waals surface area (Å²) in [5.74, 6) is -0.888. The van der Waals surface area contributed by atoms with Crippen LogP contribution in [0.2, 0.25) is 10.0 Å². The molecule has 2 rings (SSSR count). The lowest BCUT2D eigenvalue weighted by Gasteiger charge is -2.17. The Morgan fingerprint density at radius 3 is 2.46 bits per heavy atom. The number of carbonyl (C=O) groups excluding carboxylic acids is 2. The number of aromatic nitrogens is 1. The number of hydrogen-bond donors (Lipinski definition) is 0. The van der Waals surface area contributed by atoms with Gasteiger partial charge in [0, 0.05) is 24.1 Å². The molecule has 26 heavy (non-hydrogen) atoms. The Bertz CT molecular complexity index is 829. The number of ether oxygens (including phenoxy) is 2. The van der Waals surface area contributed by atoms with Crippen LogP contribution in [-0.2, 0) is 9.47 Å². The summed E-state index contributed by atoms with van der Waals surface area (Å²) in [4.78, 5) is 24.6. The Labute approximate surface area is 162 Å². The first kappa shape index (κ1) is 20.5. The second-order valence-corrected chi connectivity index (χ2v) is 6.90. The van der Waals surface area contributed by atoms with Gasteiger partial charge in [-0.1, -0.05) is 23.2 Å². The Balaban J connectivity index is 2.09. The van der Waals surface area contributed by atoms with E-state index in [1.807, 2.05) is 25.3 Å². The largest absolute Gasteiger partial charge is 0.454 e. The number of ketones is 1. The normalized spacial score (nSPS) is 12.1. The monoisotopic (exact) mass is 397 g/mol. The van der Waals surface area contributed by atoms with Crippen LogP contribution in [0.5, 0.6) is 0 Å². The molecule has 0 aliphatic heterocycles. The predicted octanol–water partition coefficient (Wildman–Crippen LogP) is 4.66. The maximum Gasteiger partial charge on any atom is 0.338 e. The molecule has 2 aromatic rings. The molecule has 0 radical (unpaired) electrons. The van der Waals surface area contributed by atoms with E-state index in [0.717, 1.165) is 11.4 Å². The van der Waals surface area contributed by atoms with Crippen molar-refractivity contribution in [1.82, 2.24) is 4.57 Å². The van der Waals surface area contributed by atoms with E-state index in [1.165, 1.54) is 18.2 Å². The van der Waals surface area contributed by atoms with Crippen molar-refractivity contribution in [3.63, 3.8) is 0 Å². The van der Waals surface area contributed by atoms with Gasteiger partial charge in [-0.05, 0) is 45.0 Å². The van der Waals surface area contributed by atoms with E-state index >= 15 is 0 Å². The number of methoxy groups -OCH3 is 1. The summed E-state index contributed by atoms with van der Waals surface area (Å²) < 4.78 is 12.4. The van der Waals surface area contributed by atoms with E-state index in [0.29, 0.717) is 17.2 Å². The van der Waals surface area contributed by atoms with Crippen LogP contribution in [0.3, 0.4) is 0 Å². The van der Waals surface area contributed by atoms with Gasteiger partial charge < -0.3 is 14.0 Å². The highest BCUT2D eigenvalue weighted by molar-refractivity contribution is 6.42. The highest BCUT2D eigenvalue weighted by Gasteiger charge is 2.20. The SMILES string of the molecule is COCC(C)n1c(C)cc(C(=O)COC(=O)c2ccc(Cl)c(Cl)c2)c1C. The first-order chi connectivity index (χ1) is 12.3. The molecule has 1 aromatic heterocycles. The van der Waals surface area contributed by atoms with Crippen LogP contribution >= 0.6 is 23.2 Å². The average Bonchev–Trinajstić information content (AvgIpc) is 2.89. The Kier molecular flexibility index (Phi) is 6.87. The molecule has 0 fully saturated rings. The molecule has 1 unspecified atom stereocenters. The van der Waals surface area contributed by atoms with Crippen molar-refractivity contribution in [2.45, 2.75) is 26.8 Å². The molecule has 1 atom stereocenters. The summed E-state index contributed by atoms with van der Waals surface area (Å²) in [6.07, 6.45) is 0. The van der Waals surface area contributed by atoms with Gasteiger partial charge in [-0.25, -0.2) is 4.79 Å². The molecule has 5 nitrogen and oxygen atoms in total. The molecular formula is C19H21Cl2NO4. The maximum atomic E-state index is 12.5. The first-order valence-corrected chi connectivity index (χ1v) is 8.84. The number of aryl methyl sites for hydroxylation is 1. The molecule has 140 valence electrons. The van der Waals surface area contributed by atoms with Crippen LogP contribution in [0, 0.1) is 13.8 Å². The number of halogens is 2. The molecule has 7 heteroatoms. The minimum absolute atomic E-state index is 0.0975. The number of nitrogens with zero attached hydrogens (tertiary/aromatic N) is 1. The summed E-state index contributed by atoms with van der Waals surface area (Å²) in [6, 6.07) is 6.32. The van der Waals surface area contributed by atoms with Crippen molar-refractivity contribution < 1.29 is 19.1 Å². The minimum atomic E-state index is -0.626. The molecular weight excluding hydrogens is 377 g/mol. The lowest BCUT2D eigenvalue weighted by atomic mass is 10.1. The van der Waals surface area contributed by atoms with Gasteiger partial charge in [-0.3, -0.25) is 4.79 Å². The van der Waals surface area contributed by atoms with E-state index in [9.17, 15) is 9.59 Å². The van der Waals surface area contributed by atoms with Crippen LogP contribution in [-0.4, -0.2) is 36.6 Å². The zero-order chi connectivity index (χ0) is 19.4. The molecule has 0 spiro atoms. The van der Waals surface area contributed by atoms with Crippen molar-refractivity contribution in [2.75, 3.05) is 20.3 Å². The topological polar surface area (TPSA) is 57.5 Å². The van der Waals surface area contributed by atoms with Crippen LogP contribution in [0.15, 0.2) is 24.3 Å². The van der Waals surface area contributed by atoms with Crippen molar-refractivity contribution >= 4 is 35.0 Å². The Morgan fingerprint density at radius 1 is 1.15 bits per heavy atom. The Hall–Kier alpha value is -1.82. The van der Waals surface area contributed by atoms with Gasteiger partial charge in [0.2, 0.25) is 5.78 Å². The van der Waals surface area contributed by atoms with Gasteiger partial charge in [-0.15, -0.1) is 0 Å². The molecule has 0 aliphatic carbocycles. The lowest BCUT2D eigenvalue weighted by Crippen LogP contribution is -2.17. The quantitative estimate of drug-likeness (QED) is 0.503. The van der Waals surface area contributed by atoms with E-state index in [-0.39, 0.29) is 29.0 Å². The van der Waals surface area contributed by atoms with Gasteiger partial charge in [0.25, 0.3) is 0 Å². The van der Waals surface area contributed by atoms with Crippen molar-refractivity contribution in [1.29, 1.82) is 0 Å². The van der Waals surface area contributed by atoms with Crippen LogP contribution in [0.4, 0.5) is 0 Å². The highest BCUT2D eigenvalue weighted by atomic mass is 35.5. The molecule has 0 aliphatic rings. The minimum Gasteiger partial charge on any atom is -0.454 e. The third kappa shape index (κ3) is 4.47. The third-order valence-corrected chi connectivity index (χ3v) is 4.86. The fourth-order valence-electron chi connectivity index (χ4n) is 2.97. The van der Waals surface area contributed by atoms with Crippen LogP contribution in [0.25, 0.3) is 0 Å². The molecule has 0 saturated heterocycles. The molecule has 0 saturated carbocycles. The van der Waals surface area contributed by atoms with Gasteiger partial charge in [0.15, 0.2) is 6.61 Å². The first-order valence-electron chi connectivity index (χ1n) is 8.09. The Morgan fingerprint density at radius 2 is 1.85 bits per heavy atom. The molecule has 0 bridgehead atoms.